The van der Waals surface area contributed by atoms with Gasteiger partial charge in [-0.25, -0.2) is 0 Å². The number of fused-ring (bicyclic) bond motifs is 1. The number of hydrogen-bond acceptors (Lipinski definition) is 3. The zero-order valence-electron chi connectivity index (χ0n) is 13.4. The van der Waals surface area contributed by atoms with Crippen LogP contribution in [0.2, 0.25) is 0 Å². The van der Waals surface area contributed by atoms with E-state index in [2.05, 4.69) is 34.7 Å². The Hall–Kier alpha value is -1.91. The molecule has 0 amide bonds. The molecule has 1 aromatic carbocycles. The molecule has 5 nitrogen and oxygen atoms in total. The Kier molecular flexibility index (Phi) is 4.41. The number of ether oxygens (including phenoxy) is 2. The van der Waals surface area contributed by atoms with Crippen LogP contribution in [-0.4, -0.2) is 32.9 Å². The molecule has 22 heavy (non-hydrogen) atoms. The second-order valence-corrected chi connectivity index (χ2v) is 6.05. The number of rotatable bonds is 6. The maximum Gasteiger partial charge on any atom is 0.231 e. The molecular formula is C17H25N3O2. The van der Waals surface area contributed by atoms with E-state index < -0.39 is 0 Å². The summed E-state index contributed by atoms with van der Waals surface area (Å²) in [6.45, 7) is 4.39. The van der Waals surface area contributed by atoms with Crippen LogP contribution in [0.3, 0.4) is 0 Å². The first-order valence-electron chi connectivity index (χ1n) is 8.12. The van der Waals surface area contributed by atoms with Crippen molar-refractivity contribution in [1.29, 1.82) is 0 Å². The second-order valence-electron chi connectivity index (χ2n) is 6.05. The van der Waals surface area contributed by atoms with Crippen LogP contribution in [0.4, 0.5) is 0 Å². The van der Waals surface area contributed by atoms with E-state index in [9.17, 15) is 0 Å². The molecule has 0 atom stereocenters. The first-order valence-corrected chi connectivity index (χ1v) is 8.12. The van der Waals surface area contributed by atoms with Gasteiger partial charge in [0.15, 0.2) is 17.5 Å². The summed E-state index contributed by atoms with van der Waals surface area (Å²) in [5.41, 5.74) is 1.54. The molecule has 1 aromatic rings. The number of nitrogens with one attached hydrogen (secondary N) is 2. The van der Waals surface area contributed by atoms with E-state index in [0.717, 1.165) is 37.0 Å². The van der Waals surface area contributed by atoms with Gasteiger partial charge in [0.25, 0.3) is 0 Å². The lowest BCUT2D eigenvalue weighted by Gasteiger charge is -2.19. The average Bonchev–Trinajstić information content (AvgIpc) is 3.19. The van der Waals surface area contributed by atoms with Crippen molar-refractivity contribution in [1.82, 2.24) is 10.6 Å². The fraction of sp³-hybridized carbons (Fsp3) is 0.588. The lowest BCUT2D eigenvalue weighted by Crippen LogP contribution is -2.41. The zero-order valence-corrected chi connectivity index (χ0v) is 13.4. The number of guanidine groups is 1. The molecule has 0 unspecified atom stereocenters. The molecule has 0 bridgehead atoms. The van der Waals surface area contributed by atoms with Gasteiger partial charge in [-0.15, -0.1) is 0 Å². The first-order chi connectivity index (χ1) is 10.8. The summed E-state index contributed by atoms with van der Waals surface area (Å²) in [5.74, 6) is 2.61. The third kappa shape index (κ3) is 3.13. The Morgan fingerprint density at radius 3 is 2.77 bits per heavy atom. The molecule has 2 N–H and O–H groups in total. The highest BCUT2D eigenvalue weighted by atomic mass is 16.7. The second kappa shape index (κ2) is 6.46. The van der Waals surface area contributed by atoms with Crippen molar-refractivity contribution in [3.8, 4) is 11.5 Å². The van der Waals surface area contributed by atoms with Gasteiger partial charge in [-0.3, -0.25) is 4.99 Å². The van der Waals surface area contributed by atoms with Crippen LogP contribution in [0.1, 0.15) is 38.2 Å². The van der Waals surface area contributed by atoms with Crippen molar-refractivity contribution in [2.24, 2.45) is 4.99 Å². The minimum Gasteiger partial charge on any atom is -0.454 e. The third-order valence-corrected chi connectivity index (χ3v) is 4.48. The predicted octanol–water partition coefficient (Wildman–Crippen LogP) is 2.41. The smallest absolute Gasteiger partial charge is 0.231 e. The molecule has 1 heterocycles. The fourth-order valence-electron chi connectivity index (χ4n) is 2.80. The van der Waals surface area contributed by atoms with Crippen LogP contribution < -0.4 is 20.1 Å². The van der Waals surface area contributed by atoms with Gasteiger partial charge in [0, 0.05) is 25.6 Å². The Bertz CT molecular complexity index is 553. The first kappa shape index (κ1) is 15.0. The van der Waals surface area contributed by atoms with Crippen molar-refractivity contribution in [3.63, 3.8) is 0 Å². The van der Waals surface area contributed by atoms with Crippen molar-refractivity contribution >= 4 is 5.96 Å². The van der Waals surface area contributed by atoms with Gasteiger partial charge >= 0.3 is 0 Å². The van der Waals surface area contributed by atoms with Crippen molar-refractivity contribution in [3.05, 3.63) is 23.8 Å². The summed E-state index contributed by atoms with van der Waals surface area (Å²) in [7, 11) is 1.82. The highest BCUT2D eigenvalue weighted by Gasteiger charge is 2.44. The van der Waals surface area contributed by atoms with E-state index in [4.69, 9.17) is 9.47 Å². The molecule has 3 rings (SSSR count). The van der Waals surface area contributed by atoms with E-state index in [-0.39, 0.29) is 5.41 Å². The third-order valence-electron chi connectivity index (χ3n) is 4.48. The van der Waals surface area contributed by atoms with Crippen LogP contribution in [0, 0.1) is 0 Å². The van der Waals surface area contributed by atoms with Gasteiger partial charge in [0.1, 0.15) is 0 Å². The van der Waals surface area contributed by atoms with Crippen molar-refractivity contribution in [2.45, 2.75) is 38.0 Å². The number of hydrogen-bond donors (Lipinski definition) is 2. The SMILES string of the molecule is CCCCNC(=NC)NCC1(c2ccc3c(c2)OCO3)CC1. The molecule has 2 aliphatic rings. The molecule has 0 spiro atoms. The molecule has 0 saturated heterocycles. The minimum atomic E-state index is 0.212. The van der Waals surface area contributed by atoms with E-state index in [1.54, 1.807) is 0 Å². The molecule has 0 aromatic heterocycles. The zero-order chi connectivity index (χ0) is 15.4. The highest BCUT2D eigenvalue weighted by Crippen LogP contribution is 2.49. The van der Waals surface area contributed by atoms with Crippen LogP contribution in [0.25, 0.3) is 0 Å². The number of aliphatic imine (C=N–C) groups is 1. The van der Waals surface area contributed by atoms with Gasteiger partial charge < -0.3 is 20.1 Å². The summed E-state index contributed by atoms with van der Waals surface area (Å²) in [6.07, 6.45) is 4.75. The summed E-state index contributed by atoms with van der Waals surface area (Å²) >= 11 is 0. The van der Waals surface area contributed by atoms with Gasteiger partial charge in [0.05, 0.1) is 0 Å². The molecular weight excluding hydrogens is 278 g/mol. The lowest BCUT2D eigenvalue weighted by molar-refractivity contribution is 0.174. The minimum absolute atomic E-state index is 0.212. The molecule has 120 valence electrons. The molecule has 0 radical (unpaired) electrons. The van der Waals surface area contributed by atoms with E-state index in [1.807, 2.05) is 13.1 Å². The summed E-state index contributed by atoms with van der Waals surface area (Å²) in [4.78, 5) is 4.29. The fourth-order valence-corrected chi connectivity index (χ4v) is 2.80. The van der Waals surface area contributed by atoms with E-state index >= 15 is 0 Å². The van der Waals surface area contributed by atoms with Crippen molar-refractivity contribution < 1.29 is 9.47 Å². The largest absolute Gasteiger partial charge is 0.454 e. The maximum absolute atomic E-state index is 5.50. The van der Waals surface area contributed by atoms with Crippen LogP contribution in [0.5, 0.6) is 11.5 Å². The summed E-state index contributed by atoms with van der Waals surface area (Å²) < 4.78 is 10.9. The van der Waals surface area contributed by atoms with Crippen molar-refractivity contribution in [2.75, 3.05) is 26.9 Å². The summed E-state index contributed by atoms with van der Waals surface area (Å²) in [5, 5.41) is 6.82. The molecule has 1 saturated carbocycles. The molecule has 5 heteroatoms. The van der Waals surface area contributed by atoms with Gasteiger partial charge in [-0.1, -0.05) is 19.4 Å². The van der Waals surface area contributed by atoms with Gasteiger partial charge in [-0.2, -0.15) is 0 Å². The predicted molar refractivity (Wildman–Crippen MR) is 87.7 cm³/mol. The summed E-state index contributed by atoms with van der Waals surface area (Å²) in [6, 6.07) is 6.31. The quantitative estimate of drug-likeness (QED) is 0.481. The topological polar surface area (TPSA) is 54.9 Å². The van der Waals surface area contributed by atoms with Crippen LogP contribution in [-0.2, 0) is 5.41 Å². The van der Waals surface area contributed by atoms with Gasteiger partial charge in [-0.05, 0) is 37.0 Å². The molecule has 1 fully saturated rings. The van der Waals surface area contributed by atoms with Crippen LogP contribution >= 0.6 is 0 Å². The van der Waals surface area contributed by atoms with Gasteiger partial charge in [0.2, 0.25) is 6.79 Å². The van der Waals surface area contributed by atoms with E-state index in [1.165, 1.54) is 24.8 Å². The lowest BCUT2D eigenvalue weighted by atomic mass is 9.95. The Balaban J connectivity index is 1.60. The molecule has 1 aliphatic carbocycles. The number of nitrogens with zero attached hydrogens (tertiary/aromatic N) is 1. The number of benzene rings is 1. The normalized spacial score (nSPS) is 18.2. The van der Waals surface area contributed by atoms with E-state index in [0.29, 0.717) is 6.79 Å². The maximum atomic E-state index is 5.50. The monoisotopic (exact) mass is 303 g/mol. The number of unbranched alkanes of at least 4 members (excludes halogenated alkanes) is 1. The van der Waals surface area contributed by atoms with Crippen LogP contribution in [0.15, 0.2) is 23.2 Å². The Morgan fingerprint density at radius 1 is 1.23 bits per heavy atom. The highest BCUT2D eigenvalue weighted by molar-refractivity contribution is 5.79. The standard InChI is InChI=1S/C17H25N3O2/c1-3-4-9-19-16(18-2)20-11-17(7-8-17)13-5-6-14-15(10-13)22-12-21-14/h5-6,10H,3-4,7-9,11-12H2,1-2H3,(H2,18,19,20). The Morgan fingerprint density at radius 2 is 2.05 bits per heavy atom. The average molecular weight is 303 g/mol. The Labute approximate surface area is 132 Å². The molecule has 1 aliphatic heterocycles.